The molecule has 3 aromatic rings. The van der Waals surface area contributed by atoms with Crippen molar-refractivity contribution in [2.45, 2.75) is 38.9 Å². The number of aromatic nitrogens is 2. The largest absolute Gasteiger partial charge is 0.507 e. The normalized spacial score (nSPS) is 16.0. The molecule has 0 saturated carbocycles. The van der Waals surface area contributed by atoms with Crippen molar-refractivity contribution in [3.8, 4) is 5.75 Å². The van der Waals surface area contributed by atoms with Crippen LogP contribution in [0.15, 0.2) is 30.3 Å². The number of fused-ring (bicyclic) bond motifs is 2. The van der Waals surface area contributed by atoms with Gasteiger partial charge in [0, 0.05) is 49.7 Å². The molecular weight excluding hydrogens is 456 g/mol. The molecule has 2 aromatic carbocycles. The number of likely N-dealkylation sites (N-methyl/N-ethyl adjacent to an activating group) is 1. The van der Waals surface area contributed by atoms with Crippen molar-refractivity contribution in [2.75, 3.05) is 40.3 Å². The summed E-state index contributed by atoms with van der Waals surface area (Å²) in [6.45, 7) is 5.02. The van der Waals surface area contributed by atoms with Gasteiger partial charge in [-0.15, -0.1) is 0 Å². The number of aromatic amines is 1. The van der Waals surface area contributed by atoms with Gasteiger partial charge >= 0.3 is 0 Å². The lowest BCUT2D eigenvalue weighted by atomic mass is 10.1. The molecular formula is C27H34N6O3. The van der Waals surface area contributed by atoms with Gasteiger partial charge in [0.05, 0.1) is 16.8 Å². The Morgan fingerprint density at radius 2 is 1.86 bits per heavy atom. The Kier molecular flexibility index (Phi) is 6.93. The van der Waals surface area contributed by atoms with Gasteiger partial charge < -0.3 is 20.2 Å². The maximum Gasteiger partial charge on any atom is 0.258 e. The number of phenols is 1. The molecule has 2 amide bonds. The van der Waals surface area contributed by atoms with Crippen molar-refractivity contribution in [1.82, 2.24) is 30.2 Å². The van der Waals surface area contributed by atoms with E-state index in [-0.39, 0.29) is 23.1 Å². The van der Waals surface area contributed by atoms with Crippen LogP contribution in [0.3, 0.4) is 0 Å². The fourth-order valence-corrected chi connectivity index (χ4v) is 5.07. The van der Waals surface area contributed by atoms with Crippen LogP contribution in [0.25, 0.3) is 10.9 Å². The van der Waals surface area contributed by atoms with Crippen LogP contribution in [0.4, 0.5) is 0 Å². The molecule has 2 aliphatic heterocycles. The number of carbonyl (C=O) groups excluding carboxylic acids is 2. The lowest BCUT2D eigenvalue weighted by Crippen LogP contribution is -2.31. The van der Waals surface area contributed by atoms with E-state index in [1.165, 1.54) is 19.3 Å². The Morgan fingerprint density at radius 1 is 1.08 bits per heavy atom. The van der Waals surface area contributed by atoms with Crippen LogP contribution in [0.5, 0.6) is 5.75 Å². The Morgan fingerprint density at radius 3 is 2.64 bits per heavy atom. The van der Waals surface area contributed by atoms with Gasteiger partial charge in [-0.25, -0.2) is 0 Å². The zero-order valence-electron chi connectivity index (χ0n) is 21.0. The van der Waals surface area contributed by atoms with Gasteiger partial charge in [-0.1, -0.05) is 12.5 Å². The third-order valence-electron chi connectivity index (χ3n) is 7.13. The number of H-pyrrole nitrogens is 1. The molecule has 190 valence electrons. The number of nitrogens with zero attached hydrogens (tertiary/aromatic N) is 4. The molecule has 5 rings (SSSR count). The summed E-state index contributed by atoms with van der Waals surface area (Å²) in [7, 11) is 3.93. The van der Waals surface area contributed by atoms with E-state index in [0.717, 1.165) is 53.9 Å². The summed E-state index contributed by atoms with van der Waals surface area (Å²) in [6.07, 6.45) is 3.66. The summed E-state index contributed by atoms with van der Waals surface area (Å²) < 4.78 is 0. The van der Waals surface area contributed by atoms with Crippen LogP contribution < -0.4 is 5.32 Å². The lowest BCUT2D eigenvalue weighted by molar-refractivity contribution is 0.0748. The number of nitrogens with one attached hydrogen (secondary N) is 2. The molecule has 0 radical (unpaired) electrons. The van der Waals surface area contributed by atoms with Crippen molar-refractivity contribution >= 4 is 22.7 Å². The Labute approximate surface area is 211 Å². The van der Waals surface area contributed by atoms with Gasteiger partial charge in [-0.2, -0.15) is 5.10 Å². The maximum atomic E-state index is 13.5. The van der Waals surface area contributed by atoms with Crippen molar-refractivity contribution in [3.63, 3.8) is 0 Å². The molecule has 9 nitrogen and oxygen atoms in total. The smallest absolute Gasteiger partial charge is 0.258 e. The highest BCUT2D eigenvalue weighted by atomic mass is 16.3. The predicted octanol–water partition coefficient (Wildman–Crippen LogP) is 2.70. The number of benzene rings is 2. The minimum atomic E-state index is -0.229. The topological polar surface area (TPSA) is 105 Å². The van der Waals surface area contributed by atoms with E-state index in [4.69, 9.17) is 0 Å². The van der Waals surface area contributed by atoms with Crippen molar-refractivity contribution < 1.29 is 14.7 Å². The van der Waals surface area contributed by atoms with Gasteiger partial charge in [-0.05, 0) is 69.4 Å². The molecule has 1 aromatic heterocycles. The second kappa shape index (κ2) is 10.3. The molecule has 0 unspecified atom stereocenters. The summed E-state index contributed by atoms with van der Waals surface area (Å²) in [5.41, 5.74) is 4.47. The highest BCUT2D eigenvalue weighted by Crippen LogP contribution is 2.31. The summed E-state index contributed by atoms with van der Waals surface area (Å²) in [5, 5.41) is 21.9. The van der Waals surface area contributed by atoms with Crippen LogP contribution in [-0.2, 0) is 19.6 Å². The molecule has 0 bridgehead atoms. The fourth-order valence-electron chi connectivity index (χ4n) is 5.07. The molecule has 2 aliphatic rings. The van der Waals surface area contributed by atoms with Gasteiger partial charge in [0.25, 0.3) is 11.8 Å². The number of hydrogen-bond acceptors (Lipinski definition) is 6. The average molecular weight is 491 g/mol. The molecule has 1 fully saturated rings. The van der Waals surface area contributed by atoms with Crippen molar-refractivity contribution in [2.24, 2.45) is 0 Å². The molecule has 0 atom stereocenters. The Balaban J connectivity index is 1.31. The lowest BCUT2D eigenvalue weighted by Gasteiger charge is -2.25. The Hall–Kier alpha value is -3.43. The van der Waals surface area contributed by atoms with Crippen molar-refractivity contribution in [3.05, 3.63) is 58.3 Å². The molecule has 3 N–H and O–H groups in total. The summed E-state index contributed by atoms with van der Waals surface area (Å²) in [6, 6.07) is 8.94. The number of piperidine rings is 1. The summed E-state index contributed by atoms with van der Waals surface area (Å²) in [4.78, 5) is 32.1. The zero-order chi connectivity index (χ0) is 25.2. The number of likely N-dealkylation sites (tertiary alicyclic amines) is 1. The minimum absolute atomic E-state index is 0.0578. The van der Waals surface area contributed by atoms with Crippen LogP contribution in [0, 0.1) is 0 Å². The average Bonchev–Trinajstić information content (AvgIpc) is 3.46. The highest BCUT2D eigenvalue weighted by Gasteiger charge is 2.28. The number of amides is 2. The van der Waals surface area contributed by atoms with E-state index in [9.17, 15) is 14.7 Å². The van der Waals surface area contributed by atoms with Gasteiger partial charge in [0.1, 0.15) is 5.75 Å². The number of aromatic hydroxyl groups is 1. The van der Waals surface area contributed by atoms with Gasteiger partial charge in [-0.3, -0.25) is 19.6 Å². The van der Waals surface area contributed by atoms with Crippen LogP contribution in [0.1, 0.15) is 56.8 Å². The first-order valence-electron chi connectivity index (χ1n) is 12.7. The van der Waals surface area contributed by atoms with E-state index >= 15 is 0 Å². The van der Waals surface area contributed by atoms with E-state index in [1.54, 1.807) is 23.1 Å². The second-order valence-electron chi connectivity index (χ2n) is 10.1. The highest BCUT2D eigenvalue weighted by molar-refractivity contribution is 6.01. The van der Waals surface area contributed by atoms with E-state index < -0.39 is 0 Å². The second-order valence-corrected chi connectivity index (χ2v) is 10.1. The fraction of sp³-hybridized carbons (Fsp3) is 0.444. The maximum absolute atomic E-state index is 13.5. The van der Waals surface area contributed by atoms with Crippen LogP contribution in [-0.4, -0.2) is 82.1 Å². The number of phenolic OH excluding ortho intramolecular Hbond substituents is 1. The van der Waals surface area contributed by atoms with Crippen molar-refractivity contribution in [1.29, 1.82) is 0 Å². The minimum Gasteiger partial charge on any atom is -0.507 e. The first-order valence-corrected chi connectivity index (χ1v) is 12.7. The molecule has 36 heavy (non-hydrogen) atoms. The summed E-state index contributed by atoms with van der Waals surface area (Å²) in [5.74, 6) is -0.404. The van der Waals surface area contributed by atoms with E-state index in [1.807, 2.05) is 31.1 Å². The SMILES string of the molecule is CN(C)CCNC(=O)c1ccc2c(c1)CN(C(=O)c1cc3c(CN4CCCCC4)n[nH]c3cc1O)C2. The standard InChI is InChI=1S/C27H34N6O3/c1-31(2)11-8-28-26(35)18-6-7-19-15-33(16-20(19)12-18)27(36)22-13-21-23(14-25(22)34)29-30-24(21)17-32-9-4-3-5-10-32/h6-7,12-14,34H,3-5,8-11,15-17H2,1-2H3,(H,28,35)(H,29,30). The van der Waals surface area contributed by atoms with Crippen LogP contribution in [0.2, 0.25) is 0 Å². The third kappa shape index (κ3) is 5.08. The van der Waals surface area contributed by atoms with Crippen LogP contribution >= 0.6 is 0 Å². The van der Waals surface area contributed by atoms with Gasteiger partial charge in [0.2, 0.25) is 0 Å². The summed E-state index contributed by atoms with van der Waals surface area (Å²) >= 11 is 0. The molecule has 3 heterocycles. The van der Waals surface area contributed by atoms with Gasteiger partial charge in [0.15, 0.2) is 0 Å². The van der Waals surface area contributed by atoms with E-state index in [0.29, 0.717) is 25.2 Å². The molecule has 0 aliphatic carbocycles. The third-order valence-corrected chi connectivity index (χ3v) is 7.13. The predicted molar refractivity (Wildman–Crippen MR) is 138 cm³/mol. The van der Waals surface area contributed by atoms with E-state index in [2.05, 4.69) is 20.4 Å². The number of carbonyl (C=O) groups is 2. The zero-order valence-corrected chi connectivity index (χ0v) is 21.0. The Bertz CT molecular complexity index is 1280. The molecule has 0 spiro atoms. The molecule has 9 heteroatoms. The number of hydrogen-bond donors (Lipinski definition) is 3. The molecule has 1 saturated heterocycles. The first kappa shape index (κ1) is 24.3. The quantitative estimate of drug-likeness (QED) is 0.470. The first-order chi connectivity index (χ1) is 17.4. The monoisotopic (exact) mass is 490 g/mol. The number of rotatable bonds is 7.